The molecule has 11 heavy (non-hydrogen) atoms. The van der Waals surface area contributed by atoms with Crippen LogP contribution in [0.15, 0.2) is 6.07 Å². The summed E-state index contributed by atoms with van der Waals surface area (Å²) in [5.74, 6) is 0. The zero-order valence-corrected chi connectivity index (χ0v) is 6.89. The molecule has 0 saturated carbocycles. The van der Waals surface area contributed by atoms with Crippen LogP contribution in [0, 0.1) is 13.8 Å². The maximum atomic E-state index is 8.78. The molecule has 4 N–H and O–H groups in total. The predicted molar refractivity (Wildman–Crippen MR) is 44.3 cm³/mol. The third kappa shape index (κ3) is 1.61. The van der Waals surface area contributed by atoms with E-state index < -0.39 is 0 Å². The van der Waals surface area contributed by atoms with E-state index in [2.05, 4.69) is 4.98 Å². The van der Waals surface area contributed by atoms with E-state index in [1.807, 2.05) is 19.9 Å². The van der Waals surface area contributed by atoms with Gasteiger partial charge in [0.1, 0.15) is 0 Å². The molecule has 0 saturated heterocycles. The molecule has 0 radical (unpaired) electrons. The molecule has 0 aliphatic heterocycles. The molecule has 0 unspecified atom stereocenters. The van der Waals surface area contributed by atoms with Crippen molar-refractivity contribution in [2.75, 3.05) is 6.61 Å². The Balaban J connectivity index is 2.93. The van der Waals surface area contributed by atoms with Crippen molar-refractivity contribution in [2.24, 2.45) is 5.73 Å². The van der Waals surface area contributed by atoms with Gasteiger partial charge in [-0.3, -0.25) is 0 Å². The van der Waals surface area contributed by atoms with Crippen LogP contribution in [0.4, 0.5) is 0 Å². The lowest BCUT2D eigenvalue weighted by molar-refractivity contribution is 0.267. The van der Waals surface area contributed by atoms with E-state index in [0.717, 1.165) is 17.0 Å². The summed E-state index contributed by atoms with van der Waals surface area (Å²) in [6.45, 7) is 3.93. The lowest BCUT2D eigenvalue weighted by Crippen LogP contribution is -2.14. The van der Waals surface area contributed by atoms with E-state index in [9.17, 15) is 0 Å². The SMILES string of the molecule is Cc1cc([C@H](N)CO)c(C)[nH]1. The molecule has 0 aromatic carbocycles. The average molecular weight is 154 g/mol. The fourth-order valence-corrected chi connectivity index (χ4v) is 1.23. The molecule has 0 fully saturated rings. The molecule has 3 heteroatoms. The largest absolute Gasteiger partial charge is 0.394 e. The first kappa shape index (κ1) is 8.30. The van der Waals surface area contributed by atoms with Crippen molar-refractivity contribution < 1.29 is 5.11 Å². The summed E-state index contributed by atoms with van der Waals surface area (Å²) >= 11 is 0. The van der Waals surface area contributed by atoms with E-state index in [-0.39, 0.29) is 12.6 Å². The van der Waals surface area contributed by atoms with Crippen molar-refractivity contribution in [1.82, 2.24) is 4.98 Å². The van der Waals surface area contributed by atoms with Gasteiger partial charge in [0.05, 0.1) is 12.6 Å². The average Bonchev–Trinajstić information content (AvgIpc) is 2.28. The smallest absolute Gasteiger partial charge is 0.0625 e. The minimum absolute atomic E-state index is 0.00185. The Hall–Kier alpha value is -0.800. The van der Waals surface area contributed by atoms with E-state index >= 15 is 0 Å². The maximum absolute atomic E-state index is 8.78. The fourth-order valence-electron chi connectivity index (χ4n) is 1.23. The summed E-state index contributed by atoms with van der Waals surface area (Å²) in [6.07, 6.45) is 0. The van der Waals surface area contributed by atoms with Gasteiger partial charge in [-0.25, -0.2) is 0 Å². The Bertz CT molecular complexity index is 242. The first-order valence-electron chi connectivity index (χ1n) is 3.67. The summed E-state index contributed by atoms with van der Waals surface area (Å²) in [7, 11) is 0. The van der Waals surface area contributed by atoms with Crippen molar-refractivity contribution in [3.8, 4) is 0 Å². The lowest BCUT2D eigenvalue weighted by Gasteiger charge is -2.05. The number of H-pyrrole nitrogens is 1. The number of aliphatic hydroxyl groups is 1. The summed E-state index contributed by atoms with van der Waals surface area (Å²) in [5, 5.41) is 8.78. The molecule has 3 nitrogen and oxygen atoms in total. The standard InChI is InChI=1S/C8H14N2O/c1-5-3-7(6(2)10-5)8(9)4-11/h3,8,10-11H,4,9H2,1-2H3/t8-/m1/s1. The molecular weight excluding hydrogens is 140 g/mol. The summed E-state index contributed by atoms with van der Waals surface area (Å²) in [4.78, 5) is 3.13. The first-order valence-corrected chi connectivity index (χ1v) is 3.67. The number of aromatic nitrogens is 1. The minimum atomic E-state index is -0.250. The number of nitrogens with one attached hydrogen (secondary N) is 1. The van der Waals surface area contributed by atoms with Crippen LogP contribution in [0.1, 0.15) is 23.0 Å². The van der Waals surface area contributed by atoms with Crippen LogP contribution in [-0.4, -0.2) is 16.7 Å². The fraction of sp³-hybridized carbons (Fsp3) is 0.500. The highest BCUT2D eigenvalue weighted by atomic mass is 16.3. The Morgan fingerprint density at radius 3 is 2.64 bits per heavy atom. The highest BCUT2D eigenvalue weighted by Crippen LogP contribution is 2.15. The molecular formula is C8H14N2O. The van der Waals surface area contributed by atoms with Gasteiger partial charge in [0, 0.05) is 11.4 Å². The van der Waals surface area contributed by atoms with Crippen molar-refractivity contribution in [2.45, 2.75) is 19.9 Å². The molecule has 0 amide bonds. The molecule has 1 atom stereocenters. The van der Waals surface area contributed by atoms with Gasteiger partial charge in [-0.2, -0.15) is 0 Å². The van der Waals surface area contributed by atoms with Crippen LogP contribution in [0.5, 0.6) is 0 Å². The molecule has 0 bridgehead atoms. The van der Waals surface area contributed by atoms with Gasteiger partial charge >= 0.3 is 0 Å². The molecule has 1 aromatic rings. The Kier molecular flexibility index (Phi) is 2.31. The van der Waals surface area contributed by atoms with E-state index in [4.69, 9.17) is 10.8 Å². The van der Waals surface area contributed by atoms with Crippen LogP contribution < -0.4 is 5.73 Å². The highest BCUT2D eigenvalue weighted by Gasteiger charge is 2.08. The van der Waals surface area contributed by atoms with Crippen molar-refractivity contribution >= 4 is 0 Å². The number of aliphatic hydroxyl groups excluding tert-OH is 1. The van der Waals surface area contributed by atoms with Gasteiger partial charge < -0.3 is 15.8 Å². The van der Waals surface area contributed by atoms with Gasteiger partial charge in [0.2, 0.25) is 0 Å². The van der Waals surface area contributed by atoms with Crippen LogP contribution in [0.3, 0.4) is 0 Å². The number of hydrogen-bond donors (Lipinski definition) is 3. The number of aromatic amines is 1. The Morgan fingerprint density at radius 2 is 2.27 bits per heavy atom. The number of nitrogens with two attached hydrogens (primary N) is 1. The first-order chi connectivity index (χ1) is 5.15. The van der Waals surface area contributed by atoms with E-state index in [1.54, 1.807) is 0 Å². The zero-order chi connectivity index (χ0) is 8.43. The molecule has 1 heterocycles. The molecule has 0 aliphatic rings. The third-order valence-corrected chi connectivity index (χ3v) is 1.79. The summed E-state index contributed by atoms with van der Waals surface area (Å²) in [5.41, 5.74) is 8.77. The quantitative estimate of drug-likeness (QED) is 0.585. The normalized spacial score (nSPS) is 13.5. The van der Waals surface area contributed by atoms with Gasteiger partial charge in [-0.15, -0.1) is 0 Å². The van der Waals surface area contributed by atoms with E-state index in [0.29, 0.717) is 0 Å². The van der Waals surface area contributed by atoms with Crippen molar-refractivity contribution in [3.05, 3.63) is 23.0 Å². The Morgan fingerprint density at radius 1 is 1.64 bits per heavy atom. The minimum Gasteiger partial charge on any atom is -0.394 e. The molecule has 1 rings (SSSR count). The second kappa shape index (κ2) is 3.07. The van der Waals surface area contributed by atoms with Gasteiger partial charge in [0.15, 0.2) is 0 Å². The molecule has 1 aromatic heterocycles. The van der Waals surface area contributed by atoms with Crippen molar-refractivity contribution in [3.63, 3.8) is 0 Å². The van der Waals surface area contributed by atoms with E-state index in [1.165, 1.54) is 0 Å². The van der Waals surface area contributed by atoms with Crippen LogP contribution in [0.2, 0.25) is 0 Å². The van der Waals surface area contributed by atoms with Crippen LogP contribution >= 0.6 is 0 Å². The van der Waals surface area contributed by atoms with Crippen molar-refractivity contribution in [1.29, 1.82) is 0 Å². The predicted octanol–water partition coefficient (Wildman–Crippen LogP) is 0.624. The monoisotopic (exact) mass is 154 g/mol. The summed E-state index contributed by atoms with van der Waals surface area (Å²) < 4.78 is 0. The highest BCUT2D eigenvalue weighted by molar-refractivity contribution is 5.27. The number of rotatable bonds is 2. The Labute approximate surface area is 66.2 Å². The van der Waals surface area contributed by atoms with Gasteiger partial charge in [0.25, 0.3) is 0 Å². The number of hydrogen-bond acceptors (Lipinski definition) is 2. The second-order valence-electron chi connectivity index (χ2n) is 2.82. The van der Waals surface area contributed by atoms with Gasteiger partial charge in [-0.1, -0.05) is 0 Å². The zero-order valence-electron chi connectivity index (χ0n) is 6.89. The third-order valence-electron chi connectivity index (χ3n) is 1.79. The van der Waals surface area contributed by atoms with Crippen LogP contribution in [-0.2, 0) is 0 Å². The lowest BCUT2D eigenvalue weighted by atomic mass is 10.1. The molecule has 62 valence electrons. The number of aryl methyl sites for hydroxylation is 2. The van der Waals surface area contributed by atoms with Crippen LogP contribution in [0.25, 0.3) is 0 Å². The maximum Gasteiger partial charge on any atom is 0.0625 e. The van der Waals surface area contributed by atoms with Gasteiger partial charge in [-0.05, 0) is 25.5 Å². The summed E-state index contributed by atoms with van der Waals surface area (Å²) in [6, 6.07) is 1.72. The molecule has 0 aliphatic carbocycles. The second-order valence-corrected chi connectivity index (χ2v) is 2.82. The molecule has 0 spiro atoms. The topological polar surface area (TPSA) is 62.0 Å².